The summed E-state index contributed by atoms with van der Waals surface area (Å²) in [6.45, 7) is 0. The second-order valence-corrected chi connectivity index (χ2v) is 5.89. The van der Waals surface area contributed by atoms with Crippen molar-refractivity contribution < 1.29 is 13.9 Å². The van der Waals surface area contributed by atoms with Crippen LogP contribution in [0.15, 0.2) is 59.1 Å². The largest absolute Gasteiger partial charge is 0.496 e. The van der Waals surface area contributed by atoms with Gasteiger partial charge in [-0.05, 0) is 41.1 Å². The highest BCUT2D eigenvalue weighted by molar-refractivity contribution is 9.10. The Morgan fingerprint density at radius 2 is 1.78 bits per heavy atom. The summed E-state index contributed by atoms with van der Waals surface area (Å²) in [6.07, 6.45) is 0. The summed E-state index contributed by atoms with van der Waals surface area (Å²) < 4.78 is 19.8. The molecule has 3 rings (SSSR count). The molecule has 0 unspecified atom stereocenters. The lowest BCUT2D eigenvalue weighted by Gasteiger charge is -2.11. The van der Waals surface area contributed by atoms with Crippen LogP contribution in [0.5, 0.6) is 5.75 Å². The molecule has 0 aliphatic carbocycles. The van der Waals surface area contributed by atoms with Crippen LogP contribution < -0.4 is 10.1 Å². The summed E-state index contributed by atoms with van der Waals surface area (Å²) >= 11 is 3.18. The predicted molar refractivity (Wildman–Crippen MR) is 92.6 cm³/mol. The third-order valence-electron chi connectivity index (χ3n) is 3.49. The average Bonchev–Trinajstić information content (AvgIpc) is 2.56. The van der Waals surface area contributed by atoms with Crippen LogP contribution in [-0.4, -0.2) is 13.0 Å². The Morgan fingerprint density at radius 3 is 2.43 bits per heavy atom. The molecular weight excluding hydrogens is 361 g/mol. The number of rotatable bonds is 3. The van der Waals surface area contributed by atoms with E-state index in [0.717, 1.165) is 10.8 Å². The van der Waals surface area contributed by atoms with Crippen molar-refractivity contribution in [3.05, 3.63) is 70.5 Å². The number of hydrogen-bond acceptors (Lipinski definition) is 2. The minimum atomic E-state index is -0.507. The van der Waals surface area contributed by atoms with Crippen LogP contribution >= 0.6 is 15.9 Å². The van der Waals surface area contributed by atoms with Crippen LogP contribution in [0.3, 0.4) is 0 Å². The van der Waals surface area contributed by atoms with Crippen molar-refractivity contribution in [1.29, 1.82) is 0 Å². The Labute approximate surface area is 141 Å². The molecule has 0 spiro atoms. The molecule has 0 saturated heterocycles. The van der Waals surface area contributed by atoms with E-state index in [2.05, 4.69) is 21.2 Å². The normalized spacial score (nSPS) is 10.6. The molecule has 0 bridgehead atoms. The van der Waals surface area contributed by atoms with E-state index in [1.807, 2.05) is 24.3 Å². The first-order valence-electron chi connectivity index (χ1n) is 6.91. The van der Waals surface area contributed by atoms with Crippen LogP contribution in [0.2, 0.25) is 0 Å². The van der Waals surface area contributed by atoms with E-state index in [1.54, 1.807) is 18.2 Å². The summed E-state index contributed by atoms with van der Waals surface area (Å²) in [7, 11) is 1.50. The van der Waals surface area contributed by atoms with Crippen LogP contribution in [-0.2, 0) is 0 Å². The molecule has 3 nitrogen and oxygen atoms in total. The van der Waals surface area contributed by atoms with Crippen molar-refractivity contribution in [2.24, 2.45) is 0 Å². The van der Waals surface area contributed by atoms with E-state index in [0.29, 0.717) is 15.8 Å². The molecule has 116 valence electrons. The average molecular weight is 374 g/mol. The van der Waals surface area contributed by atoms with Gasteiger partial charge in [0.25, 0.3) is 5.91 Å². The predicted octanol–water partition coefficient (Wildman–Crippen LogP) is 5.00. The van der Waals surface area contributed by atoms with Gasteiger partial charge in [-0.1, -0.05) is 40.2 Å². The zero-order valence-electron chi connectivity index (χ0n) is 12.3. The fourth-order valence-electron chi connectivity index (χ4n) is 2.35. The van der Waals surface area contributed by atoms with Crippen molar-refractivity contribution in [3.63, 3.8) is 0 Å². The third kappa shape index (κ3) is 3.19. The lowest BCUT2D eigenvalue weighted by molar-refractivity contribution is 0.102. The number of amides is 1. The highest BCUT2D eigenvalue weighted by Gasteiger charge is 2.15. The smallest absolute Gasteiger partial charge is 0.259 e. The summed E-state index contributed by atoms with van der Waals surface area (Å²) in [4.78, 5) is 12.5. The highest BCUT2D eigenvalue weighted by atomic mass is 79.9. The molecule has 0 radical (unpaired) electrons. The molecule has 23 heavy (non-hydrogen) atoms. The maximum absolute atomic E-state index is 13.9. The van der Waals surface area contributed by atoms with E-state index in [1.165, 1.54) is 19.2 Å². The lowest BCUT2D eigenvalue weighted by atomic mass is 10.1. The van der Waals surface area contributed by atoms with Crippen LogP contribution in [0.1, 0.15) is 10.4 Å². The van der Waals surface area contributed by atoms with Gasteiger partial charge in [-0.25, -0.2) is 4.39 Å². The first-order valence-corrected chi connectivity index (χ1v) is 7.71. The number of ether oxygens (including phenoxy) is 1. The maximum Gasteiger partial charge on any atom is 0.259 e. The number of carbonyl (C=O) groups excluding carboxylic acids is 1. The Hall–Kier alpha value is -2.40. The first-order chi connectivity index (χ1) is 11.1. The van der Waals surface area contributed by atoms with Gasteiger partial charge in [0, 0.05) is 4.47 Å². The fraction of sp³-hybridized carbons (Fsp3) is 0.0556. The second kappa shape index (κ2) is 6.38. The number of fused-ring (bicyclic) bond motifs is 1. The van der Waals surface area contributed by atoms with Gasteiger partial charge in [0.2, 0.25) is 0 Å². The maximum atomic E-state index is 13.9. The summed E-state index contributed by atoms with van der Waals surface area (Å²) in [5, 5.41) is 4.46. The van der Waals surface area contributed by atoms with Crippen LogP contribution in [0.25, 0.3) is 10.8 Å². The Morgan fingerprint density at radius 1 is 1.09 bits per heavy atom. The standard InChI is InChI=1S/C18H13BrFNO2/c1-23-17-9-12-5-3-2-4-11(12)8-14(17)18(22)21-16-7-6-13(19)10-15(16)20/h2-10H,1H3,(H,21,22). The number of halogens is 2. The molecule has 3 aromatic carbocycles. The van der Waals surface area contributed by atoms with Crippen molar-refractivity contribution in [1.82, 2.24) is 0 Å². The number of anilines is 1. The lowest BCUT2D eigenvalue weighted by Crippen LogP contribution is -2.14. The van der Waals surface area contributed by atoms with Crippen molar-refractivity contribution in [3.8, 4) is 5.75 Å². The molecule has 0 fully saturated rings. The summed E-state index contributed by atoms with van der Waals surface area (Å²) in [5.41, 5.74) is 0.474. The van der Waals surface area contributed by atoms with Gasteiger partial charge in [0.05, 0.1) is 18.4 Å². The van der Waals surface area contributed by atoms with Gasteiger partial charge in [-0.3, -0.25) is 4.79 Å². The SMILES string of the molecule is COc1cc2ccccc2cc1C(=O)Nc1ccc(Br)cc1F. The van der Waals surface area contributed by atoms with Gasteiger partial charge in [0.15, 0.2) is 0 Å². The Bertz CT molecular complexity index is 895. The van der Waals surface area contributed by atoms with Crippen molar-refractivity contribution >= 4 is 38.3 Å². The highest BCUT2D eigenvalue weighted by Crippen LogP contribution is 2.27. The van der Waals surface area contributed by atoms with E-state index >= 15 is 0 Å². The number of hydrogen-bond donors (Lipinski definition) is 1. The third-order valence-corrected chi connectivity index (χ3v) is 3.99. The monoisotopic (exact) mass is 373 g/mol. The van der Waals surface area contributed by atoms with Crippen LogP contribution in [0, 0.1) is 5.82 Å². The minimum Gasteiger partial charge on any atom is -0.496 e. The van der Waals surface area contributed by atoms with Crippen LogP contribution in [0.4, 0.5) is 10.1 Å². The molecule has 0 aliphatic rings. The van der Waals surface area contributed by atoms with Crippen molar-refractivity contribution in [2.45, 2.75) is 0 Å². The number of benzene rings is 3. The van der Waals surface area contributed by atoms with E-state index < -0.39 is 11.7 Å². The first kappa shape index (κ1) is 15.5. The zero-order valence-corrected chi connectivity index (χ0v) is 13.9. The van der Waals surface area contributed by atoms with Gasteiger partial charge in [-0.15, -0.1) is 0 Å². The quantitative estimate of drug-likeness (QED) is 0.701. The molecule has 0 atom stereocenters. The van der Waals surface area contributed by atoms with Gasteiger partial charge >= 0.3 is 0 Å². The Kier molecular flexibility index (Phi) is 4.30. The molecule has 0 heterocycles. The summed E-state index contributed by atoms with van der Waals surface area (Å²) in [6, 6.07) is 15.7. The molecule has 0 saturated carbocycles. The molecule has 0 aliphatic heterocycles. The number of nitrogens with one attached hydrogen (secondary N) is 1. The molecule has 1 N–H and O–H groups in total. The number of methoxy groups -OCH3 is 1. The van der Waals surface area contributed by atoms with Gasteiger partial charge < -0.3 is 10.1 Å². The molecule has 0 aromatic heterocycles. The van der Waals surface area contributed by atoms with E-state index in [4.69, 9.17) is 4.74 Å². The van der Waals surface area contributed by atoms with Crippen molar-refractivity contribution in [2.75, 3.05) is 12.4 Å². The Balaban J connectivity index is 1.99. The summed E-state index contributed by atoms with van der Waals surface area (Å²) in [5.74, 6) is -0.486. The zero-order chi connectivity index (χ0) is 16.4. The van der Waals surface area contributed by atoms with E-state index in [-0.39, 0.29) is 5.69 Å². The second-order valence-electron chi connectivity index (χ2n) is 4.98. The van der Waals surface area contributed by atoms with E-state index in [9.17, 15) is 9.18 Å². The molecular formula is C18H13BrFNO2. The van der Waals surface area contributed by atoms with Gasteiger partial charge in [0.1, 0.15) is 11.6 Å². The molecule has 1 amide bonds. The molecule has 3 aromatic rings. The number of carbonyl (C=O) groups is 1. The fourth-order valence-corrected chi connectivity index (χ4v) is 2.68. The minimum absolute atomic E-state index is 0.119. The van der Waals surface area contributed by atoms with Gasteiger partial charge in [-0.2, -0.15) is 0 Å². The topological polar surface area (TPSA) is 38.3 Å². The molecule has 5 heteroatoms.